The van der Waals surface area contributed by atoms with Crippen LogP contribution in [0.3, 0.4) is 0 Å². The first-order chi connectivity index (χ1) is 8.15. The zero-order valence-corrected chi connectivity index (χ0v) is 11.2. The lowest BCUT2D eigenvalue weighted by atomic mass is 10.3. The number of tetrazole rings is 1. The molecule has 6 nitrogen and oxygen atoms in total. The third kappa shape index (κ3) is 4.79. The topological polar surface area (TPSA) is 64.9 Å². The van der Waals surface area contributed by atoms with Gasteiger partial charge in [-0.05, 0) is 44.2 Å². The Hall–Kier alpha value is -1.01. The van der Waals surface area contributed by atoms with Crippen molar-refractivity contribution in [2.24, 2.45) is 0 Å². The lowest BCUT2D eigenvalue weighted by Crippen LogP contribution is -2.24. The predicted molar refractivity (Wildman–Crippen MR) is 65.6 cm³/mol. The van der Waals surface area contributed by atoms with Crippen LogP contribution in [-0.2, 0) is 11.3 Å². The quantitative estimate of drug-likeness (QED) is 0.740. The van der Waals surface area contributed by atoms with E-state index in [0.29, 0.717) is 13.2 Å². The fraction of sp³-hybridized carbons (Fsp3) is 0.909. The Morgan fingerprint density at radius 3 is 2.76 bits per heavy atom. The number of rotatable bonds is 8. The zero-order valence-electron chi connectivity index (χ0n) is 11.2. The summed E-state index contributed by atoms with van der Waals surface area (Å²) < 4.78 is 7.30. The fourth-order valence-electron chi connectivity index (χ4n) is 1.51. The van der Waals surface area contributed by atoms with Crippen molar-refractivity contribution in [1.29, 1.82) is 0 Å². The van der Waals surface area contributed by atoms with Gasteiger partial charge in [-0.15, -0.1) is 5.10 Å². The molecule has 1 aromatic heterocycles. The molecule has 0 aromatic carbocycles. The summed E-state index contributed by atoms with van der Waals surface area (Å²) in [5.41, 5.74) is 0. The summed E-state index contributed by atoms with van der Waals surface area (Å²) in [6, 6.07) is 0.170. The van der Waals surface area contributed by atoms with Crippen LogP contribution in [0, 0.1) is 0 Å². The van der Waals surface area contributed by atoms with E-state index < -0.39 is 0 Å². The predicted octanol–water partition coefficient (Wildman–Crippen LogP) is 1.16. The van der Waals surface area contributed by atoms with Gasteiger partial charge >= 0.3 is 0 Å². The summed E-state index contributed by atoms with van der Waals surface area (Å²) in [5, 5.41) is 15.1. The molecule has 1 aromatic rings. The summed E-state index contributed by atoms with van der Waals surface area (Å²) in [6.45, 7) is 10.5. The van der Waals surface area contributed by atoms with E-state index in [1.165, 1.54) is 0 Å². The van der Waals surface area contributed by atoms with Gasteiger partial charge < -0.3 is 10.1 Å². The minimum Gasteiger partial charge on any atom is -0.377 e. The molecule has 0 radical (unpaired) electrons. The van der Waals surface area contributed by atoms with Crippen molar-refractivity contribution in [3.63, 3.8) is 0 Å². The zero-order chi connectivity index (χ0) is 12.7. The summed E-state index contributed by atoms with van der Waals surface area (Å²) in [6.07, 6.45) is 1.34. The van der Waals surface area contributed by atoms with E-state index in [-0.39, 0.29) is 12.1 Å². The van der Waals surface area contributed by atoms with Crippen LogP contribution in [0.1, 0.15) is 46.0 Å². The Morgan fingerprint density at radius 2 is 2.12 bits per heavy atom. The number of nitrogens with one attached hydrogen (secondary N) is 1. The van der Waals surface area contributed by atoms with E-state index in [4.69, 9.17) is 4.74 Å². The molecule has 1 unspecified atom stereocenters. The second-order valence-electron chi connectivity index (χ2n) is 4.36. The monoisotopic (exact) mass is 241 g/mol. The largest absolute Gasteiger partial charge is 0.377 e. The third-order valence-electron chi connectivity index (χ3n) is 2.40. The molecule has 98 valence electrons. The number of aromatic nitrogens is 4. The molecular formula is C11H23N5O. The first kappa shape index (κ1) is 14.1. The van der Waals surface area contributed by atoms with Gasteiger partial charge in [0.2, 0.25) is 0 Å². The van der Waals surface area contributed by atoms with Crippen molar-refractivity contribution in [3.05, 3.63) is 5.82 Å². The first-order valence-electron chi connectivity index (χ1n) is 6.26. The maximum absolute atomic E-state index is 5.49. The van der Waals surface area contributed by atoms with Gasteiger partial charge in [0.25, 0.3) is 0 Å². The van der Waals surface area contributed by atoms with E-state index >= 15 is 0 Å². The van der Waals surface area contributed by atoms with Crippen LogP contribution >= 0.6 is 0 Å². The number of nitrogens with zero attached hydrogens (tertiary/aromatic N) is 4. The smallest absolute Gasteiger partial charge is 0.168 e. The van der Waals surface area contributed by atoms with Gasteiger partial charge in [0, 0.05) is 0 Å². The van der Waals surface area contributed by atoms with Crippen molar-refractivity contribution < 1.29 is 4.74 Å². The average Bonchev–Trinajstić information content (AvgIpc) is 2.73. The van der Waals surface area contributed by atoms with Crippen LogP contribution in [0.2, 0.25) is 0 Å². The Labute approximate surface area is 103 Å². The average molecular weight is 241 g/mol. The third-order valence-corrected chi connectivity index (χ3v) is 2.40. The molecule has 1 N–H and O–H groups in total. The Morgan fingerprint density at radius 1 is 1.35 bits per heavy atom. The minimum absolute atomic E-state index is 0.170. The first-order valence-corrected chi connectivity index (χ1v) is 6.26. The Kier molecular flexibility index (Phi) is 6.07. The summed E-state index contributed by atoms with van der Waals surface area (Å²) >= 11 is 0. The highest BCUT2D eigenvalue weighted by molar-refractivity contribution is 4.89. The molecule has 0 saturated heterocycles. The molecule has 17 heavy (non-hydrogen) atoms. The number of hydrogen-bond donors (Lipinski definition) is 1. The van der Waals surface area contributed by atoms with Gasteiger partial charge in [-0.2, -0.15) is 0 Å². The van der Waals surface area contributed by atoms with Gasteiger partial charge in [0.15, 0.2) is 5.82 Å². The molecule has 0 bridgehead atoms. The summed E-state index contributed by atoms with van der Waals surface area (Å²) in [7, 11) is 0. The van der Waals surface area contributed by atoms with Crippen LogP contribution < -0.4 is 5.32 Å². The lowest BCUT2D eigenvalue weighted by molar-refractivity contribution is 0.0699. The minimum atomic E-state index is 0.170. The molecule has 0 fully saturated rings. The van der Waals surface area contributed by atoms with Gasteiger partial charge in [-0.3, -0.25) is 0 Å². The van der Waals surface area contributed by atoms with Crippen LogP contribution in [-0.4, -0.2) is 39.5 Å². The van der Waals surface area contributed by atoms with Crippen molar-refractivity contribution in [2.45, 2.75) is 52.8 Å². The van der Waals surface area contributed by atoms with Crippen LogP contribution in [0.5, 0.6) is 0 Å². The molecule has 0 aliphatic carbocycles. The van der Waals surface area contributed by atoms with E-state index in [9.17, 15) is 0 Å². The van der Waals surface area contributed by atoms with E-state index in [1.807, 2.05) is 13.8 Å². The highest BCUT2D eigenvalue weighted by Gasteiger charge is 2.13. The standard InChI is InChI=1S/C11H23N5O/c1-5-6-12-10(4)11-13-14-15-16(11)7-8-17-9(2)3/h9-10,12H,5-8H2,1-4H3. The van der Waals surface area contributed by atoms with Crippen molar-refractivity contribution in [2.75, 3.05) is 13.2 Å². The van der Waals surface area contributed by atoms with E-state index in [0.717, 1.165) is 18.8 Å². The van der Waals surface area contributed by atoms with E-state index in [1.54, 1.807) is 4.68 Å². The number of hydrogen-bond acceptors (Lipinski definition) is 5. The molecule has 1 heterocycles. The van der Waals surface area contributed by atoms with Gasteiger partial charge in [0.1, 0.15) is 0 Å². The second kappa shape index (κ2) is 7.34. The molecule has 0 amide bonds. The normalized spacial score (nSPS) is 13.2. The summed E-state index contributed by atoms with van der Waals surface area (Å²) in [4.78, 5) is 0. The molecule has 6 heteroatoms. The van der Waals surface area contributed by atoms with Crippen molar-refractivity contribution in [3.8, 4) is 0 Å². The van der Waals surface area contributed by atoms with Gasteiger partial charge in [-0.25, -0.2) is 4.68 Å². The highest BCUT2D eigenvalue weighted by atomic mass is 16.5. The molecular weight excluding hydrogens is 218 g/mol. The van der Waals surface area contributed by atoms with Gasteiger partial charge in [-0.1, -0.05) is 6.92 Å². The molecule has 1 atom stereocenters. The maximum atomic E-state index is 5.49. The van der Waals surface area contributed by atoms with Crippen LogP contribution in [0.25, 0.3) is 0 Å². The fourth-order valence-corrected chi connectivity index (χ4v) is 1.51. The lowest BCUT2D eigenvalue weighted by Gasteiger charge is -2.13. The molecule has 0 spiro atoms. The molecule has 0 saturated carbocycles. The van der Waals surface area contributed by atoms with Crippen LogP contribution in [0.4, 0.5) is 0 Å². The van der Waals surface area contributed by atoms with E-state index in [2.05, 4.69) is 34.7 Å². The molecule has 1 rings (SSSR count). The highest BCUT2D eigenvalue weighted by Crippen LogP contribution is 2.07. The van der Waals surface area contributed by atoms with Gasteiger partial charge in [0.05, 0.1) is 25.3 Å². The second-order valence-corrected chi connectivity index (χ2v) is 4.36. The van der Waals surface area contributed by atoms with Crippen molar-refractivity contribution >= 4 is 0 Å². The number of ether oxygens (including phenoxy) is 1. The molecule has 0 aliphatic heterocycles. The van der Waals surface area contributed by atoms with Crippen molar-refractivity contribution in [1.82, 2.24) is 25.5 Å². The Balaban J connectivity index is 2.47. The Bertz CT molecular complexity index is 313. The SMILES string of the molecule is CCCNC(C)c1nnnn1CCOC(C)C. The molecule has 0 aliphatic rings. The maximum Gasteiger partial charge on any atom is 0.168 e. The van der Waals surface area contributed by atoms with Crippen LogP contribution in [0.15, 0.2) is 0 Å². The summed E-state index contributed by atoms with van der Waals surface area (Å²) in [5.74, 6) is 0.866.